The van der Waals surface area contributed by atoms with E-state index in [4.69, 9.17) is 5.11 Å². The second kappa shape index (κ2) is 11.2. The van der Waals surface area contributed by atoms with Crippen LogP contribution < -0.4 is 10.6 Å². The number of pyridine rings is 1. The molecule has 0 saturated carbocycles. The molecular weight excluding hydrogens is 468 g/mol. The average molecular weight is 501 g/mol. The van der Waals surface area contributed by atoms with Crippen molar-refractivity contribution in [2.24, 2.45) is 0 Å². The Kier molecular flexibility index (Phi) is 7.86. The number of nitrogens with zero attached hydrogens (tertiary/aromatic N) is 2. The molecule has 37 heavy (non-hydrogen) atoms. The van der Waals surface area contributed by atoms with Gasteiger partial charge in [0.25, 0.3) is 0 Å². The van der Waals surface area contributed by atoms with Crippen LogP contribution in [0.25, 0.3) is 11.1 Å². The van der Waals surface area contributed by atoms with Crippen molar-refractivity contribution < 1.29 is 19.5 Å². The third-order valence-corrected chi connectivity index (χ3v) is 6.82. The lowest BCUT2D eigenvalue weighted by Gasteiger charge is -2.24. The average Bonchev–Trinajstić information content (AvgIpc) is 3.39. The van der Waals surface area contributed by atoms with E-state index in [2.05, 4.69) is 41.6 Å². The lowest BCUT2D eigenvalue weighted by atomic mass is 10.0. The molecule has 8 nitrogen and oxygen atoms in total. The van der Waals surface area contributed by atoms with Crippen molar-refractivity contribution in [2.45, 2.75) is 52.6 Å². The van der Waals surface area contributed by atoms with Crippen molar-refractivity contribution in [2.75, 3.05) is 11.9 Å². The molecular formula is C29H32N4O4. The van der Waals surface area contributed by atoms with Gasteiger partial charge in [0.15, 0.2) is 0 Å². The number of carbonyl (C=O) groups excluding carboxylic acids is 2. The van der Waals surface area contributed by atoms with Gasteiger partial charge in [-0.1, -0.05) is 43.3 Å². The number of nitrogens with one attached hydrogen (secondary N) is 2. The fourth-order valence-corrected chi connectivity index (χ4v) is 4.72. The van der Waals surface area contributed by atoms with Gasteiger partial charge in [-0.15, -0.1) is 0 Å². The van der Waals surface area contributed by atoms with Gasteiger partial charge in [0.2, 0.25) is 5.91 Å². The number of carboxylic acids is 1. The molecule has 0 unspecified atom stereocenters. The number of amides is 3. The van der Waals surface area contributed by atoms with Crippen LogP contribution in [0.2, 0.25) is 0 Å². The van der Waals surface area contributed by atoms with E-state index in [-0.39, 0.29) is 17.6 Å². The second-order valence-electron chi connectivity index (χ2n) is 9.33. The largest absolute Gasteiger partial charge is 0.477 e. The number of hydrogen-bond acceptors (Lipinski definition) is 4. The SMILES string of the molecule is CCc1cc(CNC(=O)N2CCC[C@@H]2C(=O)Nc2ccc(-c3ccc(C(=O)O)nc3C)cc2)ccc1C. The third kappa shape index (κ3) is 5.97. The van der Waals surface area contributed by atoms with E-state index in [9.17, 15) is 14.4 Å². The normalized spacial score (nSPS) is 14.9. The van der Waals surface area contributed by atoms with E-state index in [1.54, 1.807) is 30.0 Å². The van der Waals surface area contributed by atoms with Crippen molar-refractivity contribution in [1.29, 1.82) is 0 Å². The molecule has 0 spiro atoms. The van der Waals surface area contributed by atoms with E-state index >= 15 is 0 Å². The first-order valence-electron chi connectivity index (χ1n) is 12.5. The summed E-state index contributed by atoms with van der Waals surface area (Å²) in [6.45, 7) is 6.91. The smallest absolute Gasteiger partial charge is 0.354 e. The minimum atomic E-state index is -1.07. The highest BCUT2D eigenvalue weighted by molar-refractivity contribution is 5.97. The number of anilines is 1. The van der Waals surface area contributed by atoms with E-state index in [1.807, 2.05) is 18.2 Å². The molecule has 4 rings (SSSR count). The molecule has 1 saturated heterocycles. The number of urea groups is 1. The number of rotatable bonds is 7. The Morgan fingerprint density at radius 3 is 2.49 bits per heavy atom. The number of carboxylic acid groups (broad SMARTS) is 1. The first-order valence-corrected chi connectivity index (χ1v) is 12.5. The zero-order chi connectivity index (χ0) is 26.5. The summed E-state index contributed by atoms with van der Waals surface area (Å²) in [6, 6.07) is 15.9. The standard InChI is InChI=1S/C29H32N4O4/c1-4-21-16-20(8-7-18(21)2)17-30-29(37)33-15-5-6-26(33)27(34)32-23-11-9-22(10-12-23)24-13-14-25(28(35)36)31-19(24)3/h7-14,16,26H,4-6,15,17H2,1-3H3,(H,30,37)(H,32,34)(H,35,36)/t26-/m1/s1. The van der Waals surface area contributed by atoms with Gasteiger partial charge >= 0.3 is 12.0 Å². The Labute approximate surface area is 216 Å². The number of benzene rings is 2. The Balaban J connectivity index is 1.37. The van der Waals surface area contributed by atoms with Gasteiger partial charge in [-0.2, -0.15) is 0 Å². The molecule has 0 bridgehead atoms. The van der Waals surface area contributed by atoms with Gasteiger partial charge in [0, 0.05) is 30.0 Å². The van der Waals surface area contributed by atoms with Crippen LogP contribution in [0.5, 0.6) is 0 Å². The number of hydrogen-bond donors (Lipinski definition) is 3. The maximum Gasteiger partial charge on any atom is 0.354 e. The first-order chi connectivity index (χ1) is 17.8. The summed E-state index contributed by atoms with van der Waals surface area (Å²) in [5, 5.41) is 15.0. The highest BCUT2D eigenvalue weighted by Gasteiger charge is 2.34. The Morgan fingerprint density at radius 2 is 1.81 bits per heavy atom. The van der Waals surface area contributed by atoms with Crippen molar-refractivity contribution in [1.82, 2.24) is 15.2 Å². The molecule has 2 heterocycles. The minimum absolute atomic E-state index is 0.000126. The lowest BCUT2D eigenvalue weighted by Crippen LogP contribution is -2.47. The molecule has 1 aromatic heterocycles. The monoisotopic (exact) mass is 500 g/mol. The molecule has 0 aliphatic carbocycles. The summed E-state index contributed by atoms with van der Waals surface area (Å²) in [5.41, 5.74) is 6.47. The first kappa shape index (κ1) is 25.9. The predicted octanol–water partition coefficient (Wildman–Crippen LogP) is 4.94. The van der Waals surface area contributed by atoms with E-state index in [0.29, 0.717) is 30.9 Å². The molecule has 1 atom stereocenters. The van der Waals surface area contributed by atoms with Crippen LogP contribution in [-0.4, -0.2) is 45.5 Å². The number of aryl methyl sites for hydroxylation is 3. The van der Waals surface area contributed by atoms with Gasteiger partial charge in [-0.3, -0.25) is 4.79 Å². The zero-order valence-corrected chi connectivity index (χ0v) is 21.4. The summed E-state index contributed by atoms with van der Waals surface area (Å²) < 4.78 is 0. The third-order valence-electron chi connectivity index (χ3n) is 6.82. The predicted molar refractivity (Wildman–Crippen MR) is 143 cm³/mol. The lowest BCUT2D eigenvalue weighted by molar-refractivity contribution is -0.119. The van der Waals surface area contributed by atoms with Gasteiger partial charge in [-0.25, -0.2) is 14.6 Å². The van der Waals surface area contributed by atoms with Crippen LogP contribution in [0.4, 0.5) is 10.5 Å². The topological polar surface area (TPSA) is 112 Å². The van der Waals surface area contributed by atoms with Gasteiger partial charge < -0.3 is 20.6 Å². The Morgan fingerprint density at radius 1 is 1.05 bits per heavy atom. The summed E-state index contributed by atoms with van der Waals surface area (Å²) in [6.07, 6.45) is 2.33. The number of aromatic nitrogens is 1. The molecule has 1 fully saturated rings. The molecule has 192 valence electrons. The molecule has 1 aliphatic rings. The molecule has 2 aromatic carbocycles. The molecule has 3 N–H and O–H groups in total. The van der Waals surface area contributed by atoms with Crippen LogP contribution >= 0.6 is 0 Å². The number of likely N-dealkylation sites (tertiary alicyclic amines) is 1. The van der Waals surface area contributed by atoms with Gasteiger partial charge in [0.1, 0.15) is 11.7 Å². The summed E-state index contributed by atoms with van der Waals surface area (Å²) in [5.74, 6) is -1.28. The summed E-state index contributed by atoms with van der Waals surface area (Å²) >= 11 is 0. The Bertz CT molecular complexity index is 1320. The molecule has 0 radical (unpaired) electrons. The molecule has 8 heteroatoms. The number of aromatic carboxylic acids is 1. The number of carbonyl (C=O) groups is 3. The van der Waals surface area contributed by atoms with Crippen LogP contribution in [0, 0.1) is 13.8 Å². The van der Waals surface area contributed by atoms with Crippen molar-refractivity contribution in [3.05, 3.63) is 82.7 Å². The highest BCUT2D eigenvalue weighted by atomic mass is 16.4. The van der Waals surface area contributed by atoms with Crippen molar-refractivity contribution >= 4 is 23.6 Å². The quantitative estimate of drug-likeness (QED) is 0.426. The Hall–Kier alpha value is -4.20. The van der Waals surface area contributed by atoms with Crippen LogP contribution in [0.1, 0.15) is 52.6 Å². The fourth-order valence-electron chi connectivity index (χ4n) is 4.72. The summed E-state index contributed by atoms with van der Waals surface area (Å²) in [7, 11) is 0. The van der Waals surface area contributed by atoms with Crippen LogP contribution in [0.15, 0.2) is 54.6 Å². The fraction of sp³-hybridized carbons (Fsp3) is 0.310. The summed E-state index contributed by atoms with van der Waals surface area (Å²) in [4.78, 5) is 42.8. The van der Waals surface area contributed by atoms with Gasteiger partial charge in [-0.05, 0) is 73.6 Å². The highest BCUT2D eigenvalue weighted by Crippen LogP contribution is 2.25. The van der Waals surface area contributed by atoms with E-state index < -0.39 is 12.0 Å². The van der Waals surface area contributed by atoms with Gasteiger partial charge in [0.05, 0.1) is 0 Å². The minimum Gasteiger partial charge on any atom is -0.477 e. The second-order valence-corrected chi connectivity index (χ2v) is 9.33. The molecule has 3 amide bonds. The molecule has 3 aromatic rings. The maximum absolute atomic E-state index is 13.0. The molecule has 1 aliphatic heterocycles. The van der Waals surface area contributed by atoms with Crippen LogP contribution in [-0.2, 0) is 17.8 Å². The van der Waals surface area contributed by atoms with Crippen molar-refractivity contribution in [3.63, 3.8) is 0 Å². The van der Waals surface area contributed by atoms with E-state index in [0.717, 1.165) is 29.5 Å². The van der Waals surface area contributed by atoms with Crippen LogP contribution in [0.3, 0.4) is 0 Å². The van der Waals surface area contributed by atoms with Crippen molar-refractivity contribution in [3.8, 4) is 11.1 Å². The maximum atomic E-state index is 13.0. The zero-order valence-electron chi connectivity index (χ0n) is 21.4. The van der Waals surface area contributed by atoms with E-state index in [1.165, 1.54) is 17.2 Å².